The van der Waals surface area contributed by atoms with Gasteiger partial charge in [-0.3, -0.25) is 0 Å². The quantitative estimate of drug-likeness (QED) is 0.678. The van der Waals surface area contributed by atoms with E-state index >= 15 is 0 Å². The molecule has 0 atom stereocenters. The highest BCUT2D eigenvalue weighted by molar-refractivity contribution is 5.49. The van der Waals surface area contributed by atoms with Crippen LogP contribution in [0.5, 0.6) is 0 Å². The number of nitrogens with one attached hydrogen (secondary N) is 1. The third kappa shape index (κ3) is 4.85. The molecule has 1 fully saturated rings. The van der Waals surface area contributed by atoms with Crippen LogP contribution in [0.3, 0.4) is 0 Å². The summed E-state index contributed by atoms with van der Waals surface area (Å²) in [6, 6.07) is 19.3. The zero-order valence-electron chi connectivity index (χ0n) is 15.9. The average Bonchev–Trinajstić information content (AvgIpc) is 2.75. The van der Waals surface area contributed by atoms with Crippen LogP contribution in [0.2, 0.25) is 0 Å². The Kier molecular flexibility index (Phi) is 5.80. The van der Waals surface area contributed by atoms with Crippen LogP contribution in [-0.2, 0) is 13.0 Å². The van der Waals surface area contributed by atoms with Crippen LogP contribution >= 0.6 is 0 Å². The molecule has 0 saturated carbocycles. The standard InChI is InChI=1S/C23H25FN4/c24-21-8-6-20(7-9-21)16-25-22-15-23(27-17-26-22)28-12-10-19(11-13-28)14-18-4-2-1-3-5-18/h1-9,15,17,19H,10-14,16H2,(H,25,26,27). The summed E-state index contributed by atoms with van der Waals surface area (Å²) in [5.41, 5.74) is 2.44. The van der Waals surface area contributed by atoms with Crippen LogP contribution in [0.25, 0.3) is 0 Å². The van der Waals surface area contributed by atoms with Gasteiger partial charge in [-0.2, -0.15) is 0 Å². The van der Waals surface area contributed by atoms with Crippen molar-refractivity contribution < 1.29 is 4.39 Å². The van der Waals surface area contributed by atoms with Crippen molar-refractivity contribution in [3.8, 4) is 0 Å². The maximum absolute atomic E-state index is 13.0. The maximum atomic E-state index is 13.0. The van der Waals surface area contributed by atoms with Crippen molar-refractivity contribution in [1.29, 1.82) is 0 Å². The Balaban J connectivity index is 1.31. The molecular weight excluding hydrogens is 351 g/mol. The molecule has 144 valence electrons. The highest BCUT2D eigenvalue weighted by Gasteiger charge is 2.20. The van der Waals surface area contributed by atoms with Crippen molar-refractivity contribution in [3.05, 3.63) is 83.9 Å². The fraction of sp³-hybridized carbons (Fsp3) is 0.304. The molecule has 1 aromatic heterocycles. The van der Waals surface area contributed by atoms with Gasteiger partial charge in [0.15, 0.2) is 0 Å². The molecule has 0 bridgehead atoms. The monoisotopic (exact) mass is 376 g/mol. The molecule has 1 aliphatic rings. The summed E-state index contributed by atoms with van der Waals surface area (Å²) in [6.07, 6.45) is 5.12. The third-order valence-corrected chi connectivity index (χ3v) is 5.35. The lowest BCUT2D eigenvalue weighted by atomic mass is 9.90. The van der Waals surface area contributed by atoms with Gasteiger partial charge < -0.3 is 10.2 Å². The zero-order valence-corrected chi connectivity index (χ0v) is 15.9. The van der Waals surface area contributed by atoms with E-state index in [0.717, 1.165) is 42.6 Å². The van der Waals surface area contributed by atoms with E-state index < -0.39 is 0 Å². The predicted molar refractivity (Wildman–Crippen MR) is 111 cm³/mol. The maximum Gasteiger partial charge on any atom is 0.134 e. The zero-order chi connectivity index (χ0) is 19.2. The Morgan fingerprint density at radius 2 is 1.68 bits per heavy atom. The molecule has 1 N–H and O–H groups in total. The number of hydrogen-bond acceptors (Lipinski definition) is 4. The average molecular weight is 376 g/mol. The smallest absolute Gasteiger partial charge is 0.134 e. The highest BCUT2D eigenvalue weighted by Crippen LogP contribution is 2.25. The van der Waals surface area contributed by atoms with Crippen LogP contribution in [-0.4, -0.2) is 23.1 Å². The first-order chi connectivity index (χ1) is 13.8. The molecule has 0 amide bonds. The van der Waals surface area contributed by atoms with Crippen LogP contribution in [0.15, 0.2) is 67.0 Å². The molecular formula is C23H25FN4. The summed E-state index contributed by atoms with van der Waals surface area (Å²) in [5, 5.41) is 3.30. The lowest BCUT2D eigenvalue weighted by Crippen LogP contribution is -2.34. The summed E-state index contributed by atoms with van der Waals surface area (Å²) in [7, 11) is 0. The molecule has 0 aliphatic carbocycles. The van der Waals surface area contributed by atoms with Gasteiger partial charge in [0, 0.05) is 25.7 Å². The van der Waals surface area contributed by atoms with Crippen molar-refractivity contribution in [2.75, 3.05) is 23.3 Å². The number of benzene rings is 2. The molecule has 1 aliphatic heterocycles. The first-order valence-electron chi connectivity index (χ1n) is 9.85. The molecule has 2 aromatic carbocycles. The normalized spacial score (nSPS) is 14.8. The Hall–Kier alpha value is -2.95. The largest absolute Gasteiger partial charge is 0.366 e. The molecule has 0 spiro atoms. The fourth-order valence-electron chi connectivity index (χ4n) is 3.73. The fourth-order valence-corrected chi connectivity index (χ4v) is 3.73. The molecule has 0 radical (unpaired) electrons. The topological polar surface area (TPSA) is 41.0 Å². The van der Waals surface area contributed by atoms with E-state index in [4.69, 9.17) is 0 Å². The van der Waals surface area contributed by atoms with E-state index in [0.29, 0.717) is 6.54 Å². The second-order valence-electron chi connectivity index (χ2n) is 7.36. The third-order valence-electron chi connectivity index (χ3n) is 5.35. The molecule has 3 aromatic rings. The van der Waals surface area contributed by atoms with Crippen molar-refractivity contribution in [2.24, 2.45) is 5.92 Å². The predicted octanol–water partition coefficient (Wildman–Crippen LogP) is 4.69. The van der Waals surface area contributed by atoms with E-state index in [1.165, 1.54) is 30.5 Å². The van der Waals surface area contributed by atoms with Gasteiger partial charge in [0.2, 0.25) is 0 Å². The Labute approximate surface area is 165 Å². The summed E-state index contributed by atoms with van der Waals surface area (Å²) in [6.45, 7) is 2.65. The van der Waals surface area contributed by atoms with E-state index in [-0.39, 0.29) is 5.82 Å². The summed E-state index contributed by atoms with van der Waals surface area (Å²) < 4.78 is 13.0. The van der Waals surface area contributed by atoms with E-state index in [1.54, 1.807) is 18.5 Å². The highest BCUT2D eigenvalue weighted by atomic mass is 19.1. The van der Waals surface area contributed by atoms with Crippen LogP contribution in [0.1, 0.15) is 24.0 Å². The number of nitrogens with zero attached hydrogens (tertiary/aromatic N) is 3. The number of hydrogen-bond donors (Lipinski definition) is 1. The van der Waals surface area contributed by atoms with Crippen molar-refractivity contribution in [3.63, 3.8) is 0 Å². The van der Waals surface area contributed by atoms with Crippen molar-refractivity contribution in [1.82, 2.24) is 9.97 Å². The number of halogens is 1. The number of anilines is 2. The SMILES string of the molecule is Fc1ccc(CNc2cc(N3CCC(Cc4ccccc4)CC3)ncn2)cc1. The molecule has 5 heteroatoms. The molecule has 0 unspecified atom stereocenters. The number of aromatic nitrogens is 2. The molecule has 2 heterocycles. The van der Waals surface area contributed by atoms with Gasteiger partial charge in [-0.1, -0.05) is 42.5 Å². The Morgan fingerprint density at radius 1 is 0.929 bits per heavy atom. The molecule has 28 heavy (non-hydrogen) atoms. The lowest BCUT2D eigenvalue weighted by Gasteiger charge is -2.33. The van der Waals surface area contributed by atoms with E-state index in [2.05, 4.69) is 50.5 Å². The minimum Gasteiger partial charge on any atom is -0.366 e. The van der Waals surface area contributed by atoms with Gasteiger partial charge in [0.1, 0.15) is 23.8 Å². The molecule has 4 nitrogen and oxygen atoms in total. The van der Waals surface area contributed by atoms with Crippen LogP contribution in [0.4, 0.5) is 16.0 Å². The van der Waals surface area contributed by atoms with Gasteiger partial charge in [-0.05, 0) is 48.4 Å². The van der Waals surface area contributed by atoms with Crippen molar-refractivity contribution in [2.45, 2.75) is 25.8 Å². The minimum absolute atomic E-state index is 0.219. The van der Waals surface area contributed by atoms with Gasteiger partial charge in [-0.25, -0.2) is 14.4 Å². The van der Waals surface area contributed by atoms with Gasteiger partial charge >= 0.3 is 0 Å². The number of rotatable bonds is 6. The second-order valence-corrected chi connectivity index (χ2v) is 7.36. The van der Waals surface area contributed by atoms with Crippen molar-refractivity contribution >= 4 is 11.6 Å². The van der Waals surface area contributed by atoms with Crippen LogP contribution in [0, 0.1) is 11.7 Å². The summed E-state index contributed by atoms with van der Waals surface area (Å²) in [4.78, 5) is 11.1. The number of piperidine rings is 1. The van der Waals surface area contributed by atoms with Gasteiger partial charge in [0.25, 0.3) is 0 Å². The minimum atomic E-state index is -0.219. The van der Waals surface area contributed by atoms with Gasteiger partial charge in [0.05, 0.1) is 0 Å². The summed E-state index contributed by atoms with van der Waals surface area (Å²) >= 11 is 0. The first-order valence-corrected chi connectivity index (χ1v) is 9.85. The Bertz CT molecular complexity index is 875. The Morgan fingerprint density at radius 3 is 2.43 bits per heavy atom. The molecule has 4 rings (SSSR count). The first kappa shape index (κ1) is 18.4. The summed E-state index contributed by atoms with van der Waals surface area (Å²) in [5.74, 6) is 2.27. The van der Waals surface area contributed by atoms with Gasteiger partial charge in [-0.15, -0.1) is 0 Å². The van der Waals surface area contributed by atoms with E-state index in [1.807, 2.05) is 6.07 Å². The van der Waals surface area contributed by atoms with E-state index in [9.17, 15) is 4.39 Å². The van der Waals surface area contributed by atoms with Crippen LogP contribution < -0.4 is 10.2 Å². The second kappa shape index (κ2) is 8.83. The lowest BCUT2D eigenvalue weighted by molar-refractivity contribution is 0.402. The molecule has 1 saturated heterocycles.